The first-order valence-corrected chi connectivity index (χ1v) is 17.0. The first kappa shape index (κ1) is 34.1. The van der Waals surface area contributed by atoms with Gasteiger partial charge in [0.25, 0.3) is 0 Å². The van der Waals surface area contributed by atoms with Crippen LogP contribution in [0.4, 0.5) is 5.69 Å². The molecule has 2 fully saturated rings. The minimum atomic E-state index is -0.504. The quantitative estimate of drug-likeness (QED) is 0.223. The summed E-state index contributed by atoms with van der Waals surface area (Å²) in [6.45, 7) is 10.2. The van der Waals surface area contributed by atoms with E-state index in [1.54, 1.807) is 33.5 Å². The van der Waals surface area contributed by atoms with Crippen LogP contribution in [0.25, 0.3) is 22.4 Å². The van der Waals surface area contributed by atoms with E-state index in [4.69, 9.17) is 24.9 Å². The maximum atomic E-state index is 13.6. The summed E-state index contributed by atoms with van der Waals surface area (Å²) < 4.78 is 18.9. The average Bonchev–Trinajstić information content (AvgIpc) is 3.46. The van der Waals surface area contributed by atoms with E-state index in [1.165, 1.54) is 16.8 Å². The molecule has 2 amide bonds. The number of fused-ring (bicyclic) bond motifs is 1. The number of nitrogens with two attached hydrogens (primary N) is 1. The van der Waals surface area contributed by atoms with E-state index in [2.05, 4.69) is 46.4 Å². The Morgan fingerprint density at radius 1 is 0.939 bits per heavy atom. The molecular formula is C38H48N6O5. The Morgan fingerprint density at radius 3 is 2.27 bits per heavy atom. The van der Waals surface area contributed by atoms with Crippen LogP contribution in [0.2, 0.25) is 0 Å². The topological polar surface area (TPSA) is 115 Å². The molecule has 11 nitrogen and oxygen atoms in total. The first-order valence-electron chi connectivity index (χ1n) is 17.0. The standard InChI is InChI=1S/C38H48N6O5/c1-24-9-7-10-31(25(24)2)43-17-15-42(16-18-43)14-8-13-41(3)38(46)28-19-29(20-28)44-32-21-26(36(39)45)11-12-30(32)40-37(44)27-22-33(47-4)35(49-6)34(23-27)48-5/h7,9-12,21-23,28-29H,8,13-20H2,1-6H3,(H2,39,45). The number of hydrogen-bond acceptors (Lipinski definition) is 8. The van der Waals surface area contributed by atoms with Gasteiger partial charge < -0.3 is 34.3 Å². The molecule has 2 N–H and O–H groups in total. The van der Waals surface area contributed by atoms with Gasteiger partial charge in [-0.1, -0.05) is 12.1 Å². The molecule has 2 heterocycles. The predicted molar refractivity (Wildman–Crippen MR) is 192 cm³/mol. The van der Waals surface area contributed by atoms with Crippen molar-refractivity contribution in [3.8, 4) is 28.6 Å². The molecule has 1 aliphatic heterocycles. The summed E-state index contributed by atoms with van der Waals surface area (Å²) in [5, 5.41) is 0. The second-order valence-corrected chi connectivity index (χ2v) is 13.3. The van der Waals surface area contributed by atoms with E-state index < -0.39 is 5.91 Å². The molecule has 1 saturated heterocycles. The van der Waals surface area contributed by atoms with Crippen LogP contribution in [0.5, 0.6) is 17.2 Å². The van der Waals surface area contributed by atoms with Gasteiger partial charge >= 0.3 is 0 Å². The fourth-order valence-corrected chi connectivity index (χ4v) is 7.27. The third-order valence-electron chi connectivity index (χ3n) is 10.4. The molecule has 1 aromatic heterocycles. The van der Waals surface area contributed by atoms with Crippen LogP contribution in [0, 0.1) is 19.8 Å². The third-order valence-corrected chi connectivity index (χ3v) is 10.4. The van der Waals surface area contributed by atoms with Crippen LogP contribution in [-0.4, -0.2) is 98.8 Å². The number of aryl methyl sites for hydroxylation is 1. The van der Waals surface area contributed by atoms with Gasteiger partial charge in [-0.2, -0.15) is 0 Å². The number of ether oxygens (including phenoxy) is 3. The number of anilines is 1. The third kappa shape index (κ3) is 6.76. The molecule has 0 radical (unpaired) electrons. The second-order valence-electron chi connectivity index (χ2n) is 13.3. The Kier molecular flexibility index (Phi) is 10.0. The molecule has 4 aromatic rings. The number of nitrogens with zero attached hydrogens (tertiary/aromatic N) is 5. The molecule has 49 heavy (non-hydrogen) atoms. The van der Waals surface area contributed by atoms with E-state index in [1.807, 2.05) is 30.1 Å². The number of benzene rings is 3. The normalized spacial score (nSPS) is 17.9. The molecule has 2 aliphatic rings. The summed E-state index contributed by atoms with van der Waals surface area (Å²) in [5.41, 5.74) is 12.4. The monoisotopic (exact) mass is 668 g/mol. The largest absolute Gasteiger partial charge is 0.493 e. The number of rotatable bonds is 12. The molecule has 11 heteroatoms. The summed E-state index contributed by atoms with van der Waals surface area (Å²) in [6.07, 6.45) is 2.29. The molecule has 0 spiro atoms. The summed E-state index contributed by atoms with van der Waals surface area (Å²) in [6, 6.07) is 15.6. The van der Waals surface area contributed by atoms with Gasteiger partial charge in [0.1, 0.15) is 5.82 Å². The average molecular weight is 669 g/mol. The van der Waals surface area contributed by atoms with Gasteiger partial charge in [0.05, 0.1) is 32.4 Å². The fraction of sp³-hybridized carbons (Fsp3) is 0.447. The minimum absolute atomic E-state index is 0.0119. The van der Waals surface area contributed by atoms with E-state index in [9.17, 15) is 9.59 Å². The van der Waals surface area contributed by atoms with Gasteiger partial charge in [0.15, 0.2) is 11.5 Å². The van der Waals surface area contributed by atoms with Crippen molar-refractivity contribution in [3.63, 3.8) is 0 Å². The summed E-state index contributed by atoms with van der Waals surface area (Å²) in [5.74, 6) is 1.80. The number of piperazine rings is 1. The zero-order valence-electron chi connectivity index (χ0n) is 29.5. The zero-order chi connectivity index (χ0) is 34.8. The maximum Gasteiger partial charge on any atom is 0.248 e. The highest BCUT2D eigenvalue weighted by Crippen LogP contribution is 2.46. The van der Waals surface area contributed by atoms with Gasteiger partial charge in [0.2, 0.25) is 17.6 Å². The number of carbonyl (C=O) groups excluding carboxylic acids is 2. The Morgan fingerprint density at radius 2 is 1.63 bits per heavy atom. The molecule has 1 aliphatic carbocycles. The van der Waals surface area contributed by atoms with Crippen molar-refractivity contribution in [1.82, 2.24) is 19.4 Å². The minimum Gasteiger partial charge on any atom is -0.493 e. The van der Waals surface area contributed by atoms with Crippen molar-refractivity contribution in [2.75, 3.05) is 72.5 Å². The van der Waals surface area contributed by atoms with Crippen molar-refractivity contribution in [2.45, 2.75) is 39.2 Å². The number of primary amides is 1. The van der Waals surface area contributed by atoms with Crippen LogP contribution in [-0.2, 0) is 4.79 Å². The predicted octanol–water partition coefficient (Wildman–Crippen LogP) is 5.07. The second kappa shape index (κ2) is 14.4. The fourth-order valence-electron chi connectivity index (χ4n) is 7.27. The van der Waals surface area contributed by atoms with E-state index in [0.29, 0.717) is 41.5 Å². The van der Waals surface area contributed by atoms with Crippen molar-refractivity contribution in [3.05, 3.63) is 65.2 Å². The molecule has 6 rings (SSSR count). The highest BCUT2D eigenvalue weighted by atomic mass is 16.5. The highest BCUT2D eigenvalue weighted by molar-refractivity contribution is 5.97. The lowest BCUT2D eigenvalue weighted by molar-refractivity contribution is -0.138. The number of hydrogen-bond donors (Lipinski definition) is 1. The Balaban J connectivity index is 1.11. The Bertz CT molecular complexity index is 1810. The van der Waals surface area contributed by atoms with Crippen LogP contribution in [0.1, 0.15) is 46.8 Å². The van der Waals surface area contributed by atoms with E-state index in [0.717, 1.165) is 62.3 Å². The van der Waals surface area contributed by atoms with Crippen molar-refractivity contribution in [2.24, 2.45) is 11.7 Å². The van der Waals surface area contributed by atoms with Crippen molar-refractivity contribution < 1.29 is 23.8 Å². The first-order chi connectivity index (χ1) is 23.6. The van der Waals surface area contributed by atoms with Crippen LogP contribution in [0.3, 0.4) is 0 Å². The Hall–Kier alpha value is -4.77. The Labute approximate surface area is 288 Å². The van der Waals surface area contributed by atoms with Crippen molar-refractivity contribution >= 4 is 28.5 Å². The van der Waals surface area contributed by atoms with Gasteiger partial charge in [-0.15, -0.1) is 0 Å². The molecule has 1 saturated carbocycles. The SMILES string of the molecule is COc1cc(-c2nc3ccc(C(N)=O)cc3n2C2CC(C(=O)N(C)CCCN3CCN(c4cccc(C)c4C)CC3)C2)cc(OC)c1OC. The summed E-state index contributed by atoms with van der Waals surface area (Å²) in [7, 11) is 6.64. The maximum absolute atomic E-state index is 13.6. The van der Waals surface area contributed by atoms with Crippen molar-refractivity contribution in [1.29, 1.82) is 0 Å². The van der Waals surface area contributed by atoms with Crippen LogP contribution in [0.15, 0.2) is 48.5 Å². The summed E-state index contributed by atoms with van der Waals surface area (Å²) >= 11 is 0. The molecule has 0 bridgehead atoms. The lowest BCUT2D eigenvalue weighted by Crippen LogP contribution is -2.47. The van der Waals surface area contributed by atoms with Crippen LogP contribution < -0.4 is 24.8 Å². The smallest absolute Gasteiger partial charge is 0.248 e. The highest BCUT2D eigenvalue weighted by Gasteiger charge is 2.39. The van der Waals surface area contributed by atoms with Gasteiger partial charge in [0, 0.05) is 68.5 Å². The molecule has 0 unspecified atom stereocenters. The zero-order valence-corrected chi connectivity index (χ0v) is 29.5. The van der Waals surface area contributed by atoms with E-state index >= 15 is 0 Å². The van der Waals surface area contributed by atoms with Gasteiger partial charge in [-0.3, -0.25) is 14.5 Å². The number of aromatic nitrogens is 2. The molecular weight excluding hydrogens is 620 g/mol. The van der Waals surface area contributed by atoms with Gasteiger partial charge in [-0.05, 0) is 87.2 Å². The van der Waals surface area contributed by atoms with E-state index in [-0.39, 0.29) is 17.9 Å². The van der Waals surface area contributed by atoms with Crippen LogP contribution >= 0.6 is 0 Å². The lowest BCUT2D eigenvalue weighted by Gasteiger charge is -2.39. The molecule has 0 atom stereocenters. The lowest BCUT2D eigenvalue weighted by atomic mass is 9.78. The molecule has 260 valence electrons. The number of imidazole rings is 1. The summed E-state index contributed by atoms with van der Waals surface area (Å²) in [4.78, 5) is 37.5. The van der Waals surface area contributed by atoms with Gasteiger partial charge in [-0.25, -0.2) is 4.98 Å². The number of amides is 2. The number of carbonyl (C=O) groups is 2. The number of methoxy groups -OCH3 is 3. The molecule has 3 aromatic carbocycles.